The van der Waals surface area contributed by atoms with E-state index >= 15 is 0 Å². The maximum Gasteiger partial charge on any atom is 0.110 e. The van der Waals surface area contributed by atoms with Crippen molar-refractivity contribution in [3.05, 3.63) is 6.61 Å². The van der Waals surface area contributed by atoms with Crippen molar-refractivity contribution in [1.29, 1.82) is 0 Å². The third-order valence-electron chi connectivity index (χ3n) is 1.16. The Labute approximate surface area is 78.9 Å². The van der Waals surface area contributed by atoms with Crippen LogP contribution in [0.3, 0.4) is 0 Å². The van der Waals surface area contributed by atoms with Crippen molar-refractivity contribution < 1.29 is 14.2 Å². The molecule has 73 valence electrons. The first kappa shape index (κ1) is 12.2. The van der Waals surface area contributed by atoms with Crippen molar-refractivity contribution in [1.82, 2.24) is 0 Å². The molecule has 12 heavy (non-hydrogen) atoms. The van der Waals surface area contributed by atoms with Crippen LogP contribution >= 0.6 is 11.6 Å². The van der Waals surface area contributed by atoms with Crippen LogP contribution in [0.5, 0.6) is 0 Å². The van der Waals surface area contributed by atoms with Crippen LogP contribution in [-0.4, -0.2) is 38.9 Å². The summed E-state index contributed by atoms with van der Waals surface area (Å²) in [6.45, 7) is 5.19. The topological polar surface area (TPSA) is 27.7 Å². The van der Waals surface area contributed by atoms with Crippen LogP contribution in [-0.2, 0) is 14.2 Å². The summed E-state index contributed by atoms with van der Waals surface area (Å²) in [5.41, 5.74) is 0. The zero-order valence-electron chi connectivity index (χ0n) is 7.59. The Morgan fingerprint density at radius 2 is 2.17 bits per heavy atom. The van der Waals surface area contributed by atoms with Crippen molar-refractivity contribution in [3.63, 3.8) is 0 Å². The summed E-state index contributed by atoms with van der Waals surface area (Å²) in [6, 6.07) is 0. The summed E-state index contributed by atoms with van der Waals surface area (Å²) < 4.78 is 15.1. The molecule has 1 atom stereocenters. The fourth-order valence-corrected chi connectivity index (χ4v) is 0.586. The van der Waals surface area contributed by atoms with Crippen molar-refractivity contribution in [2.75, 3.05) is 32.8 Å². The standard InChI is InChI=1S/C8H16ClO3/c1-8(7-9)12-6-5-11-4-3-10-2/h6,8H,3-5,7H2,1-2H3. The molecule has 0 aromatic heterocycles. The minimum absolute atomic E-state index is 0.0534. The van der Waals surface area contributed by atoms with Crippen LogP contribution in [0.15, 0.2) is 0 Å². The number of rotatable bonds is 8. The lowest BCUT2D eigenvalue weighted by Crippen LogP contribution is -2.11. The van der Waals surface area contributed by atoms with Crippen LogP contribution in [0.4, 0.5) is 0 Å². The summed E-state index contributed by atoms with van der Waals surface area (Å²) in [6.07, 6.45) is 0.0534. The fourth-order valence-electron chi connectivity index (χ4n) is 0.514. The molecule has 0 fully saturated rings. The van der Waals surface area contributed by atoms with Crippen LogP contribution in [0.1, 0.15) is 6.92 Å². The van der Waals surface area contributed by atoms with E-state index in [9.17, 15) is 0 Å². The van der Waals surface area contributed by atoms with E-state index < -0.39 is 0 Å². The summed E-state index contributed by atoms with van der Waals surface area (Å²) >= 11 is 5.51. The normalized spacial score (nSPS) is 13.2. The predicted octanol–water partition coefficient (Wildman–Crippen LogP) is 1.46. The molecule has 3 nitrogen and oxygen atoms in total. The summed E-state index contributed by atoms with van der Waals surface area (Å²) in [7, 11) is 1.64. The molecular formula is C8H16ClO3. The third kappa shape index (κ3) is 8.27. The lowest BCUT2D eigenvalue weighted by Gasteiger charge is -2.08. The summed E-state index contributed by atoms with van der Waals surface area (Å²) in [5, 5.41) is 0. The van der Waals surface area contributed by atoms with Crippen molar-refractivity contribution >= 4 is 11.6 Å². The average molecular weight is 196 g/mol. The summed E-state index contributed by atoms with van der Waals surface area (Å²) in [5.74, 6) is 0.495. The molecule has 0 amide bonds. The van der Waals surface area contributed by atoms with Gasteiger partial charge in [0.2, 0.25) is 0 Å². The van der Waals surface area contributed by atoms with Crippen molar-refractivity contribution in [2.45, 2.75) is 13.0 Å². The van der Waals surface area contributed by atoms with E-state index in [4.69, 9.17) is 25.8 Å². The second-order valence-corrected chi connectivity index (χ2v) is 2.64. The van der Waals surface area contributed by atoms with E-state index in [2.05, 4.69) is 0 Å². The van der Waals surface area contributed by atoms with Gasteiger partial charge in [0, 0.05) is 13.0 Å². The first-order valence-electron chi connectivity index (χ1n) is 3.91. The Bertz CT molecular complexity index is 90.4. The maximum absolute atomic E-state index is 5.51. The maximum atomic E-state index is 5.51. The molecule has 0 heterocycles. The van der Waals surface area contributed by atoms with Crippen LogP contribution in [0.2, 0.25) is 0 Å². The highest BCUT2D eigenvalue weighted by molar-refractivity contribution is 6.18. The minimum Gasteiger partial charge on any atom is -0.382 e. The van der Waals surface area contributed by atoms with Gasteiger partial charge in [0.1, 0.15) is 6.61 Å². The van der Waals surface area contributed by atoms with Crippen LogP contribution in [0, 0.1) is 6.61 Å². The first-order chi connectivity index (χ1) is 5.81. The monoisotopic (exact) mass is 195 g/mol. The van der Waals surface area contributed by atoms with Gasteiger partial charge in [0.15, 0.2) is 0 Å². The molecule has 0 N–H and O–H groups in total. The van der Waals surface area contributed by atoms with E-state index in [1.807, 2.05) is 6.92 Å². The first-order valence-corrected chi connectivity index (χ1v) is 4.44. The molecule has 0 saturated heterocycles. The lowest BCUT2D eigenvalue weighted by atomic mass is 10.5. The van der Waals surface area contributed by atoms with Gasteiger partial charge in [-0.15, -0.1) is 11.6 Å². The van der Waals surface area contributed by atoms with Gasteiger partial charge in [-0.1, -0.05) is 0 Å². The van der Waals surface area contributed by atoms with E-state index in [0.29, 0.717) is 25.7 Å². The molecule has 0 spiro atoms. The van der Waals surface area contributed by atoms with Crippen LogP contribution < -0.4 is 0 Å². The smallest absolute Gasteiger partial charge is 0.110 e. The largest absolute Gasteiger partial charge is 0.382 e. The van der Waals surface area contributed by atoms with E-state index in [-0.39, 0.29) is 6.10 Å². The summed E-state index contributed by atoms with van der Waals surface area (Å²) in [4.78, 5) is 0. The van der Waals surface area contributed by atoms with E-state index in [1.54, 1.807) is 13.7 Å². The average Bonchev–Trinajstić information content (AvgIpc) is 2.10. The van der Waals surface area contributed by atoms with Gasteiger partial charge in [-0.3, -0.25) is 0 Å². The van der Waals surface area contributed by atoms with Gasteiger partial charge in [0.25, 0.3) is 0 Å². The highest BCUT2D eigenvalue weighted by Crippen LogP contribution is 1.96. The van der Waals surface area contributed by atoms with Gasteiger partial charge in [0.05, 0.1) is 25.9 Å². The molecule has 0 saturated carbocycles. The van der Waals surface area contributed by atoms with Gasteiger partial charge in [-0.25, -0.2) is 0 Å². The second-order valence-electron chi connectivity index (χ2n) is 2.34. The number of methoxy groups -OCH3 is 1. The van der Waals surface area contributed by atoms with Crippen LogP contribution in [0.25, 0.3) is 0 Å². The molecule has 0 bridgehead atoms. The highest BCUT2D eigenvalue weighted by Gasteiger charge is 1.98. The molecule has 0 rings (SSSR count). The lowest BCUT2D eigenvalue weighted by molar-refractivity contribution is 0.0406. The Kier molecular flexibility index (Phi) is 9.39. The number of hydrogen-bond donors (Lipinski definition) is 0. The molecule has 1 radical (unpaired) electrons. The molecule has 0 aromatic carbocycles. The number of hydrogen-bond acceptors (Lipinski definition) is 3. The number of alkyl halides is 1. The Morgan fingerprint density at radius 1 is 1.42 bits per heavy atom. The zero-order valence-corrected chi connectivity index (χ0v) is 8.34. The molecular weight excluding hydrogens is 180 g/mol. The van der Waals surface area contributed by atoms with E-state index in [0.717, 1.165) is 0 Å². The molecule has 0 aromatic rings. The highest BCUT2D eigenvalue weighted by atomic mass is 35.5. The molecule has 4 heteroatoms. The quantitative estimate of drug-likeness (QED) is 0.434. The third-order valence-corrected chi connectivity index (χ3v) is 1.60. The fraction of sp³-hybridized carbons (Fsp3) is 0.875. The zero-order chi connectivity index (χ0) is 9.23. The predicted molar refractivity (Wildman–Crippen MR) is 48.3 cm³/mol. The number of halogens is 1. The van der Waals surface area contributed by atoms with Crippen molar-refractivity contribution in [3.8, 4) is 0 Å². The van der Waals surface area contributed by atoms with Gasteiger partial charge >= 0.3 is 0 Å². The van der Waals surface area contributed by atoms with E-state index in [1.165, 1.54) is 0 Å². The molecule has 1 unspecified atom stereocenters. The Balaban J connectivity index is 2.90. The van der Waals surface area contributed by atoms with Gasteiger partial charge in [-0.2, -0.15) is 0 Å². The van der Waals surface area contributed by atoms with Crippen molar-refractivity contribution in [2.24, 2.45) is 0 Å². The number of ether oxygens (including phenoxy) is 3. The Hall–Kier alpha value is 0.170. The second kappa shape index (κ2) is 9.26. The van der Waals surface area contributed by atoms with Gasteiger partial charge in [-0.05, 0) is 6.92 Å². The molecule has 0 aliphatic carbocycles. The SMILES string of the molecule is COCCOC[CH]OC(C)CCl. The molecule has 0 aliphatic rings. The Morgan fingerprint density at radius 3 is 2.75 bits per heavy atom. The van der Waals surface area contributed by atoms with Gasteiger partial charge < -0.3 is 14.2 Å². The molecule has 0 aliphatic heterocycles. The minimum atomic E-state index is 0.0534.